The molecule has 0 atom stereocenters. The Bertz CT molecular complexity index is 643. The van der Waals surface area contributed by atoms with E-state index in [4.69, 9.17) is 9.47 Å². The number of hydrogen-bond donors (Lipinski definition) is 1. The number of halogens is 1. The predicted molar refractivity (Wildman–Crippen MR) is 86.4 cm³/mol. The molecule has 110 valence electrons. The molecule has 6 heteroatoms. The number of anilines is 1. The molecule has 0 saturated heterocycles. The van der Waals surface area contributed by atoms with Gasteiger partial charge in [-0.05, 0) is 44.7 Å². The minimum atomic E-state index is -0.0152. The van der Waals surface area contributed by atoms with Crippen LogP contribution in [0.4, 0.5) is 5.69 Å². The van der Waals surface area contributed by atoms with Gasteiger partial charge >= 0.3 is 0 Å². The van der Waals surface area contributed by atoms with E-state index in [-0.39, 0.29) is 5.91 Å². The van der Waals surface area contributed by atoms with E-state index >= 15 is 0 Å². The molecule has 0 spiro atoms. The molecule has 2 heterocycles. The maximum atomic E-state index is 12.0. The highest BCUT2D eigenvalue weighted by atomic mass is 79.9. The van der Waals surface area contributed by atoms with Crippen molar-refractivity contribution in [3.63, 3.8) is 0 Å². The van der Waals surface area contributed by atoms with Crippen LogP contribution < -0.4 is 14.8 Å². The highest BCUT2D eigenvalue weighted by molar-refractivity contribution is 9.10. The first-order chi connectivity index (χ1) is 10.2. The number of carbonyl (C=O) groups is 1. The minimum absolute atomic E-state index is 0.0152. The summed E-state index contributed by atoms with van der Waals surface area (Å²) in [4.78, 5) is 12.0. The van der Waals surface area contributed by atoms with Crippen molar-refractivity contribution in [2.75, 3.05) is 18.5 Å². The fourth-order valence-electron chi connectivity index (χ4n) is 2.07. The lowest BCUT2D eigenvalue weighted by atomic mass is 10.2. The van der Waals surface area contributed by atoms with Gasteiger partial charge in [0.15, 0.2) is 11.5 Å². The summed E-state index contributed by atoms with van der Waals surface area (Å²) in [5.74, 6) is 1.35. The van der Waals surface area contributed by atoms with Gasteiger partial charge in [-0.15, -0.1) is 0 Å². The van der Waals surface area contributed by atoms with E-state index in [0.717, 1.165) is 10.9 Å². The Balaban J connectivity index is 1.65. The van der Waals surface area contributed by atoms with Crippen molar-refractivity contribution in [1.82, 2.24) is 0 Å². The van der Waals surface area contributed by atoms with E-state index < -0.39 is 0 Å². The van der Waals surface area contributed by atoms with Gasteiger partial charge in [0.05, 0.1) is 5.69 Å². The SMILES string of the molecule is O=C(CCc1ccsc1)Nc1cc2c(cc1Br)OCCO2. The zero-order valence-electron chi connectivity index (χ0n) is 11.2. The third kappa shape index (κ3) is 3.57. The first-order valence-corrected chi connectivity index (χ1v) is 8.36. The van der Waals surface area contributed by atoms with Crippen molar-refractivity contribution < 1.29 is 14.3 Å². The summed E-state index contributed by atoms with van der Waals surface area (Å²) < 4.78 is 11.8. The van der Waals surface area contributed by atoms with Crippen LogP contribution in [0.3, 0.4) is 0 Å². The topological polar surface area (TPSA) is 47.6 Å². The molecule has 3 rings (SSSR count). The molecule has 1 aliphatic rings. The lowest BCUT2D eigenvalue weighted by Gasteiger charge is -2.20. The minimum Gasteiger partial charge on any atom is -0.486 e. The number of ether oxygens (including phenoxy) is 2. The van der Waals surface area contributed by atoms with Crippen LogP contribution in [0.5, 0.6) is 11.5 Å². The van der Waals surface area contributed by atoms with Crippen molar-refractivity contribution in [2.45, 2.75) is 12.8 Å². The molecule has 4 nitrogen and oxygen atoms in total. The maximum Gasteiger partial charge on any atom is 0.224 e. The van der Waals surface area contributed by atoms with Crippen LogP contribution in [0, 0.1) is 0 Å². The molecule has 0 saturated carbocycles. The van der Waals surface area contributed by atoms with Gasteiger partial charge in [0, 0.05) is 23.0 Å². The van der Waals surface area contributed by atoms with Crippen LogP contribution in [-0.2, 0) is 11.2 Å². The summed E-state index contributed by atoms with van der Waals surface area (Å²) in [5, 5.41) is 6.99. The van der Waals surface area contributed by atoms with Crippen LogP contribution in [-0.4, -0.2) is 19.1 Å². The van der Waals surface area contributed by atoms with Crippen LogP contribution in [0.2, 0.25) is 0 Å². The number of thiophene rings is 1. The second kappa shape index (κ2) is 6.49. The van der Waals surface area contributed by atoms with Gasteiger partial charge in [0.1, 0.15) is 13.2 Å². The molecule has 1 amide bonds. The highest BCUT2D eigenvalue weighted by Crippen LogP contribution is 2.38. The van der Waals surface area contributed by atoms with E-state index in [1.165, 1.54) is 5.56 Å². The van der Waals surface area contributed by atoms with E-state index in [2.05, 4.69) is 26.6 Å². The Kier molecular flexibility index (Phi) is 4.45. The van der Waals surface area contributed by atoms with Crippen molar-refractivity contribution in [3.05, 3.63) is 39.0 Å². The monoisotopic (exact) mass is 367 g/mol. The Morgan fingerprint density at radius 3 is 2.76 bits per heavy atom. The molecule has 0 bridgehead atoms. The number of fused-ring (bicyclic) bond motifs is 1. The molecular weight excluding hydrogens is 354 g/mol. The number of benzene rings is 1. The molecular formula is C15H14BrNO3S. The van der Waals surface area contributed by atoms with Crippen molar-refractivity contribution in [1.29, 1.82) is 0 Å². The second-order valence-electron chi connectivity index (χ2n) is 4.66. The van der Waals surface area contributed by atoms with E-state index in [9.17, 15) is 4.79 Å². The molecule has 1 aliphatic heterocycles. The largest absolute Gasteiger partial charge is 0.486 e. The Morgan fingerprint density at radius 2 is 2.05 bits per heavy atom. The highest BCUT2D eigenvalue weighted by Gasteiger charge is 2.16. The molecule has 2 aromatic rings. The van der Waals surface area contributed by atoms with Crippen LogP contribution in [0.15, 0.2) is 33.4 Å². The van der Waals surface area contributed by atoms with Gasteiger partial charge in [-0.3, -0.25) is 4.79 Å². The molecule has 1 N–H and O–H groups in total. The second-order valence-corrected chi connectivity index (χ2v) is 6.29. The van der Waals surface area contributed by atoms with Crippen molar-refractivity contribution in [3.8, 4) is 11.5 Å². The number of carbonyl (C=O) groups excluding carboxylic acids is 1. The maximum absolute atomic E-state index is 12.0. The van der Waals surface area contributed by atoms with Gasteiger partial charge < -0.3 is 14.8 Å². The number of hydrogen-bond acceptors (Lipinski definition) is 4. The average molecular weight is 368 g/mol. The molecule has 0 aliphatic carbocycles. The van der Waals surface area contributed by atoms with Gasteiger partial charge in [-0.2, -0.15) is 11.3 Å². The smallest absolute Gasteiger partial charge is 0.224 e. The van der Waals surface area contributed by atoms with Gasteiger partial charge in [-0.1, -0.05) is 0 Å². The average Bonchev–Trinajstić information content (AvgIpc) is 2.99. The Morgan fingerprint density at radius 1 is 1.29 bits per heavy atom. The fraction of sp³-hybridized carbons (Fsp3) is 0.267. The third-order valence-electron chi connectivity index (χ3n) is 3.13. The van der Waals surface area contributed by atoms with Crippen LogP contribution in [0.1, 0.15) is 12.0 Å². The fourth-order valence-corrected chi connectivity index (χ4v) is 3.19. The number of nitrogens with one attached hydrogen (secondary N) is 1. The van der Waals surface area contributed by atoms with Crippen LogP contribution >= 0.6 is 27.3 Å². The molecule has 0 fully saturated rings. The van der Waals surface area contributed by atoms with Crippen LogP contribution in [0.25, 0.3) is 0 Å². The van der Waals surface area contributed by atoms with Gasteiger partial charge in [0.25, 0.3) is 0 Å². The van der Waals surface area contributed by atoms with Crippen molar-refractivity contribution in [2.24, 2.45) is 0 Å². The molecule has 21 heavy (non-hydrogen) atoms. The zero-order valence-corrected chi connectivity index (χ0v) is 13.6. The summed E-state index contributed by atoms with van der Waals surface area (Å²) >= 11 is 5.09. The molecule has 1 aromatic heterocycles. The quantitative estimate of drug-likeness (QED) is 0.892. The zero-order chi connectivity index (χ0) is 14.7. The number of amides is 1. The van der Waals surface area contributed by atoms with Gasteiger partial charge in [-0.25, -0.2) is 0 Å². The molecule has 1 aromatic carbocycles. The number of rotatable bonds is 4. The third-order valence-corrected chi connectivity index (χ3v) is 4.51. The van der Waals surface area contributed by atoms with Gasteiger partial charge in [0.2, 0.25) is 5.91 Å². The summed E-state index contributed by atoms with van der Waals surface area (Å²) in [5.41, 5.74) is 1.89. The molecule has 0 unspecified atom stereocenters. The predicted octanol–water partition coefficient (Wildman–Crippen LogP) is 3.85. The number of aryl methyl sites for hydroxylation is 1. The first kappa shape index (κ1) is 14.4. The first-order valence-electron chi connectivity index (χ1n) is 6.62. The normalized spacial score (nSPS) is 13.0. The summed E-state index contributed by atoms with van der Waals surface area (Å²) in [6.07, 6.45) is 1.20. The Labute approximate surface area is 135 Å². The van der Waals surface area contributed by atoms with Crippen molar-refractivity contribution >= 4 is 38.9 Å². The van der Waals surface area contributed by atoms with E-state index in [1.54, 1.807) is 17.4 Å². The standard InChI is InChI=1S/C15H14BrNO3S/c16-11-7-13-14(20-5-4-19-13)8-12(11)17-15(18)2-1-10-3-6-21-9-10/h3,6-9H,1-2,4-5H2,(H,17,18). The lowest BCUT2D eigenvalue weighted by molar-refractivity contribution is -0.116. The summed E-state index contributed by atoms with van der Waals surface area (Å²) in [6.45, 7) is 1.08. The Hall–Kier alpha value is -1.53. The van der Waals surface area contributed by atoms with E-state index in [1.807, 2.05) is 17.5 Å². The summed E-state index contributed by atoms with van der Waals surface area (Å²) in [6, 6.07) is 5.65. The molecule has 0 radical (unpaired) electrons. The van der Waals surface area contributed by atoms with E-state index in [0.29, 0.717) is 36.8 Å². The summed E-state index contributed by atoms with van der Waals surface area (Å²) in [7, 11) is 0. The lowest BCUT2D eigenvalue weighted by Crippen LogP contribution is -2.17.